The quantitative estimate of drug-likeness (QED) is 0.0506. The van der Waals surface area contributed by atoms with E-state index in [1.54, 1.807) is 7.11 Å². The maximum absolute atomic E-state index is 12.7. The first-order valence-electron chi connectivity index (χ1n) is 33.5. The van der Waals surface area contributed by atoms with Crippen LogP contribution in [0.2, 0.25) is 0 Å². The van der Waals surface area contributed by atoms with Gasteiger partial charge in [-0.3, -0.25) is 0 Å². The summed E-state index contributed by atoms with van der Waals surface area (Å²) < 4.78 is 86.3. The average molecular weight is 1350 g/mol. The van der Waals surface area contributed by atoms with Gasteiger partial charge in [-0.1, -0.05) is 27.7 Å². The summed E-state index contributed by atoms with van der Waals surface area (Å²) in [5.41, 5.74) is -0.106. The van der Waals surface area contributed by atoms with Crippen molar-refractivity contribution < 1.29 is 153 Å². The molecular weight excluding hydrogens is 1240 g/mol. The van der Waals surface area contributed by atoms with Crippen LogP contribution in [0, 0.1) is 52.3 Å². The Morgan fingerprint density at radius 2 is 1.03 bits per heavy atom. The Labute approximate surface area is 539 Å². The van der Waals surface area contributed by atoms with Gasteiger partial charge < -0.3 is 153 Å². The van der Waals surface area contributed by atoms with Crippen LogP contribution >= 0.6 is 0 Å². The molecule has 538 valence electrons. The smallest absolute Gasteiger partial charge is 0.187 e. The Balaban J connectivity index is 0.777. The Kier molecular flexibility index (Phi) is 23.1. The molecule has 7 saturated heterocycles. The molecule has 0 unspecified atom stereocenters. The minimum Gasteiger partial charge on any atom is -0.394 e. The van der Waals surface area contributed by atoms with Crippen molar-refractivity contribution in [2.75, 3.05) is 46.8 Å². The lowest BCUT2D eigenvalue weighted by Gasteiger charge is -2.61. The first kappa shape index (κ1) is 73.0. The second-order valence-corrected chi connectivity index (χ2v) is 29.1. The molecule has 11 rings (SSSR count). The zero-order valence-electron chi connectivity index (χ0n) is 53.5. The number of fused-ring (bicyclic) bond motifs is 7. The van der Waals surface area contributed by atoms with E-state index in [2.05, 4.69) is 20.8 Å². The number of methoxy groups -OCH3 is 1. The van der Waals surface area contributed by atoms with Crippen LogP contribution in [-0.2, 0) is 66.3 Å². The van der Waals surface area contributed by atoms with Crippen LogP contribution in [0.5, 0.6) is 0 Å². The van der Waals surface area contributed by atoms with Gasteiger partial charge in [-0.2, -0.15) is 0 Å². The molecule has 0 amide bonds. The number of rotatable bonds is 20. The number of hydrogen-bond acceptors (Lipinski definition) is 31. The standard InChI is InChI=1S/C62H104O31/c1-23(20-81-54-47(77)44(74)41(71)34(17-63)86-54)9-14-62(80-6)24(2)37-33(93-62)16-30-28-8-7-26-15-27(10-12-60(26,4)29(28)11-13-61(30,37)5)85-58-52(91-57-48(78)43(73)38(68)25(3)84-57)49(79)50(36(19-65)88-58)89-59-53(92-56-46(76)40(70)32(67)22-83-56)51(42(72)35(18-64)87-59)90-55-45(75)39(69)31(66)21-82-55/h23-59,63-79H,7-22H2,1-6H3/t23-,24+,25+,26+,27+,28-,29+,30+,31-,32-,33+,34-,35-,36-,37+,38+,39+,40+,41-,42-,43-,44+,45-,46-,47-,48-,49+,50+,51+,52-,53-,54-,55+,56+,57+,58-,59+,60+,61+,62+/m1/s1. The normalized spacial score (nSPS) is 55.4. The second kappa shape index (κ2) is 29.4. The first-order valence-corrected chi connectivity index (χ1v) is 33.5. The number of aliphatic hydroxyl groups excluding tert-OH is 17. The molecule has 0 radical (unpaired) electrons. The predicted octanol–water partition coefficient (Wildman–Crippen LogP) is -5.35. The average Bonchev–Trinajstić information content (AvgIpc) is 1.56. The van der Waals surface area contributed by atoms with Gasteiger partial charge in [0.05, 0.1) is 58.0 Å². The van der Waals surface area contributed by atoms with Crippen molar-refractivity contribution in [1.29, 1.82) is 0 Å². The highest BCUT2D eigenvalue weighted by atomic mass is 16.8. The summed E-state index contributed by atoms with van der Waals surface area (Å²) in [7, 11) is 1.70. The zero-order valence-corrected chi connectivity index (χ0v) is 53.5. The number of hydrogen-bond donors (Lipinski definition) is 17. The van der Waals surface area contributed by atoms with Gasteiger partial charge in [-0.15, -0.1) is 0 Å². The molecule has 17 N–H and O–H groups in total. The lowest BCUT2D eigenvalue weighted by atomic mass is 9.44. The van der Waals surface area contributed by atoms with E-state index in [1.807, 2.05) is 6.92 Å². The van der Waals surface area contributed by atoms with E-state index < -0.39 is 217 Å². The van der Waals surface area contributed by atoms with Gasteiger partial charge in [0.1, 0.15) is 128 Å². The Bertz CT molecular complexity index is 2410. The van der Waals surface area contributed by atoms with Crippen molar-refractivity contribution in [1.82, 2.24) is 0 Å². The Morgan fingerprint density at radius 3 is 1.68 bits per heavy atom. The lowest BCUT2D eigenvalue weighted by molar-refractivity contribution is -0.408. The maximum atomic E-state index is 12.7. The van der Waals surface area contributed by atoms with Gasteiger partial charge in [0.2, 0.25) is 0 Å². The molecule has 11 aliphatic rings. The molecule has 7 heterocycles. The van der Waals surface area contributed by atoms with Gasteiger partial charge in [0, 0.05) is 19.4 Å². The minimum atomic E-state index is -1.96. The molecule has 7 aliphatic heterocycles. The van der Waals surface area contributed by atoms with Crippen LogP contribution in [-0.4, -0.2) is 324 Å². The molecule has 0 spiro atoms. The lowest BCUT2D eigenvalue weighted by Crippen LogP contribution is -2.68. The maximum Gasteiger partial charge on any atom is 0.187 e. The van der Waals surface area contributed by atoms with Crippen molar-refractivity contribution in [3.05, 3.63) is 0 Å². The van der Waals surface area contributed by atoms with E-state index in [0.717, 1.165) is 38.5 Å². The van der Waals surface area contributed by atoms with Crippen molar-refractivity contribution in [2.24, 2.45) is 52.3 Å². The van der Waals surface area contributed by atoms with E-state index in [0.29, 0.717) is 43.4 Å². The Hall–Kier alpha value is -1.24. The molecule has 31 nitrogen and oxygen atoms in total. The summed E-state index contributed by atoms with van der Waals surface area (Å²) in [6.45, 7) is 7.26. The molecule has 93 heavy (non-hydrogen) atoms. The molecule has 11 fully saturated rings. The fourth-order valence-electron chi connectivity index (χ4n) is 18.3. The van der Waals surface area contributed by atoms with Crippen molar-refractivity contribution >= 4 is 0 Å². The van der Waals surface area contributed by atoms with Gasteiger partial charge in [0.15, 0.2) is 43.5 Å². The summed E-state index contributed by atoms with van der Waals surface area (Å²) in [5, 5.41) is 183. The van der Waals surface area contributed by atoms with Gasteiger partial charge in [-0.25, -0.2) is 0 Å². The predicted molar refractivity (Wildman–Crippen MR) is 308 cm³/mol. The third-order valence-corrected chi connectivity index (χ3v) is 23.8. The minimum absolute atomic E-state index is 0.0181. The molecule has 0 aromatic carbocycles. The summed E-state index contributed by atoms with van der Waals surface area (Å²) in [5.74, 6) is 0.855. The highest BCUT2D eigenvalue weighted by Gasteiger charge is 2.69. The van der Waals surface area contributed by atoms with E-state index in [4.69, 9.17) is 66.3 Å². The van der Waals surface area contributed by atoms with Crippen LogP contribution in [0.25, 0.3) is 0 Å². The summed E-state index contributed by atoms with van der Waals surface area (Å²) >= 11 is 0. The third-order valence-electron chi connectivity index (χ3n) is 23.8. The molecule has 31 heteroatoms. The van der Waals surface area contributed by atoms with Crippen LogP contribution < -0.4 is 0 Å². The van der Waals surface area contributed by atoms with Crippen LogP contribution in [0.4, 0.5) is 0 Å². The van der Waals surface area contributed by atoms with E-state index in [9.17, 15) is 86.8 Å². The van der Waals surface area contributed by atoms with Crippen molar-refractivity contribution in [2.45, 2.75) is 289 Å². The van der Waals surface area contributed by atoms with E-state index >= 15 is 0 Å². The topological polar surface area (TPSA) is 473 Å². The molecule has 0 aromatic heterocycles. The Morgan fingerprint density at radius 1 is 0.484 bits per heavy atom. The summed E-state index contributed by atoms with van der Waals surface area (Å²) in [6.07, 6.45) is -39.3. The number of aliphatic hydroxyl groups is 17. The molecule has 0 aromatic rings. The fraction of sp³-hybridized carbons (Fsp3) is 1.00. The largest absolute Gasteiger partial charge is 0.394 e. The fourth-order valence-corrected chi connectivity index (χ4v) is 18.3. The third kappa shape index (κ3) is 13.7. The van der Waals surface area contributed by atoms with E-state index in [1.165, 1.54) is 6.92 Å². The summed E-state index contributed by atoms with van der Waals surface area (Å²) in [4.78, 5) is 0. The number of ether oxygens (including phenoxy) is 14. The zero-order chi connectivity index (χ0) is 67.1. The van der Waals surface area contributed by atoms with Gasteiger partial charge in [0.25, 0.3) is 0 Å². The highest BCUT2D eigenvalue weighted by Crippen LogP contribution is 2.71. The van der Waals surface area contributed by atoms with Gasteiger partial charge in [-0.05, 0) is 111 Å². The first-order chi connectivity index (χ1) is 44.1. The second-order valence-electron chi connectivity index (χ2n) is 29.1. The molecule has 0 bridgehead atoms. The van der Waals surface area contributed by atoms with Crippen LogP contribution in [0.1, 0.15) is 98.8 Å². The monoisotopic (exact) mass is 1340 g/mol. The molecule has 4 saturated carbocycles. The molecular formula is C62H104O31. The van der Waals surface area contributed by atoms with Crippen LogP contribution in [0.3, 0.4) is 0 Å². The van der Waals surface area contributed by atoms with Crippen molar-refractivity contribution in [3.63, 3.8) is 0 Å². The SMILES string of the molecule is CO[C@@]1(CC[C@@H](C)CO[C@@H]2O[C@H](CO)[C@@H](O)[C@H](O)[C@H]2O)O[C@H]2C[C@H]3[C@@H]4CC[C@H]5C[C@@H](O[C@@H]6O[C@H](CO)[C@H](O[C@@H]7O[C@H](CO)[C@@H](O)[C@H](O[C@@H]8OC[C@@H](O)[C@H](O)[C@H]8O)[C@H]7O[C@@H]7OC[C@@H](O)[C@H](O)[C@H]7O)[C@H](O)[C@H]6O[C@@H]6O[C@@H](C)[C@H](O)[C@@H](O)[C@H]6O)CC[C@]5(C)[C@H]4CC[C@]3(C)[C@H]2[C@@H]1C. The van der Waals surface area contributed by atoms with Gasteiger partial charge >= 0.3 is 0 Å². The highest BCUT2D eigenvalue weighted by molar-refractivity contribution is 5.15. The molecule has 4 aliphatic carbocycles. The van der Waals surface area contributed by atoms with E-state index in [-0.39, 0.29) is 47.2 Å². The summed E-state index contributed by atoms with van der Waals surface area (Å²) in [6, 6.07) is 0. The van der Waals surface area contributed by atoms with Crippen LogP contribution in [0.15, 0.2) is 0 Å². The van der Waals surface area contributed by atoms with Crippen molar-refractivity contribution in [3.8, 4) is 0 Å². The molecule has 40 atom stereocenters.